The molecule has 2 aromatic rings. The van der Waals surface area contributed by atoms with Gasteiger partial charge in [-0.15, -0.1) is 0 Å². The first-order valence-corrected chi connectivity index (χ1v) is 11.6. The summed E-state index contributed by atoms with van der Waals surface area (Å²) in [6.45, 7) is 4.40. The molecule has 2 fully saturated rings. The number of carbonyl (C=O) groups is 1. The topological polar surface area (TPSA) is 89.3 Å². The standard InChI is InChI=1S/C20H25N3O4S/c1-13(2)11-22-19(24)17-6-4-3-5-16(17)18(21-22)20(25)23(14-7-8-14)15-9-10-28(26,27)12-15/h3-6,13-15H,7-12H2,1-2H3. The van der Waals surface area contributed by atoms with Crippen LogP contribution in [0.5, 0.6) is 0 Å². The maximum atomic E-state index is 13.5. The summed E-state index contributed by atoms with van der Waals surface area (Å²) in [6.07, 6.45) is 2.23. The third-order valence-electron chi connectivity index (χ3n) is 5.38. The van der Waals surface area contributed by atoms with Gasteiger partial charge in [-0.3, -0.25) is 9.59 Å². The van der Waals surface area contributed by atoms with E-state index < -0.39 is 9.84 Å². The quantitative estimate of drug-likeness (QED) is 0.760. The zero-order valence-corrected chi connectivity index (χ0v) is 17.0. The zero-order chi connectivity index (χ0) is 20.1. The van der Waals surface area contributed by atoms with Crippen LogP contribution in [0.1, 0.15) is 43.6 Å². The van der Waals surface area contributed by atoms with E-state index in [-0.39, 0.29) is 46.7 Å². The Morgan fingerprint density at radius 1 is 1.18 bits per heavy atom. The largest absolute Gasteiger partial charge is 0.330 e. The normalized spacial score (nSPS) is 21.3. The molecule has 1 amide bonds. The van der Waals surface area contributed by atoms with Crippen molar-refractivity contribution in [2.24, 2.45) is 5.92 Å². The maximum absolute atomic E-state index is 13.5. The fourth-order valence-corrected chi connectivity index (χ4v) is 5.67. The van der Waals surface area contributed by atoms with E-state index in [1.165, 1.54) is 4.68 Å². The van der Waals surface area contributed by atoms with Crippen LogP contribution in [-0.4, -0.2) is 52.6 Å². The fraction of sp³-hybridized carbons (Fsp3) is 0.550. The Bertz CT molecular complexity index is 1090. The molecule has 1 aromatic heterocycles. The molecule has 0 radical (unpaired) electrons. The zero-order valence-electron chi connectivity index (χ0n) is 16.2. The van der Waals surface area contributed by atoms with E-state index in [0.717, 1.165) is 12.8 Å². The highest BCUT2D eigenvalue weighted by Crippen LogP contribution is 2.34. The molecular weight excluding hydrogens is 378 g/mol. The van der Waals surface area contributed by atoms with Crippen molar-refractivity contribution < 1.29 is 13.2 Å². The lowest BCUT2D eigenvalue weighted by atomic mass is 10.1. The molecule has 28 heavy (non-hydrogen) atoms. The van der Waals surface area contributed by atoms with Crippen molar-refractivity contribution in [3.05, 3.63) is 40.3 Å². The first-order valence-electron chi connectivity index (χ1n) is 9.80. The molecule has 4 rings (SSSR count). The molecule has 1 saturated carbocycles. The average molecular weight is 404 g/mol. The van der Waals surface area contributed by atoms with Crippen molar-refractivity contribution >= 4 is 26.5 Å². The number of aromatic nitrogens is 2. The highest BCUT2D eigenvalue weighted by atomic mass is 32.2. The molecule has 1 aliphatic carbocycles. The Morgan fingerprint density at radius 3 is 2.43 bits per heavy atom. The van der Waals surface area contributed by atoms with Gasteiger partial charge in [-0.05, 0) is 31.2 Å². The van der Waals surface area contributed by atoms with E-state index in [1.807, 2.05) is 13.8 Å². The predicted octanol–water partition coefficient (Wildman–Crippen LogP) is 1.84. The lowest BCUT2D eigenvalue weighted by Crippen LogP contribution is -2.44. The summed E-state index contributed by atoms with van der Waals surface area (Å²) in [6, 6.07) is 6.78. The van der Waals surface area contributed by atoms with Crippen molar-refractivity contribution in [3.8, 4) is 0 Å². The maximum Gasteiger partial charge on any atom is 0.275 e. The number of amides is 1. The third kappa shape index (κ3) is 3.57. The number of carbonyl (C=O) groups excluding carboxylic acids is 1. The molecule has 1 atom stereocenters. The second-order valence-electron chi connectivity index (χ2n) is 8.28. The molecule has 7 nitrogen and oxygen atoms in total. The van der Waals surface area contributed by atoms with Gasteiger partial charge in [0.05, 0.1) is 16.9 Å². The Balaban J connectivity index is 1.81. The molecule has 8 heteroatoms. The molecule has 1 unspecified atom stereocenters. The monoisotopic (exact) mass is 403 g/mol. The summed E-state index contributed by atoms with van der Waals surface area (Å²) in [4.78, 5) is 28.1. The van der Waals surface area contributed by atoms with Gasteiger partial charge in [-0.25, -0.2) is 13.1 Å². The minimum Gasteiger partial charge on any atom is -0.330 e. The van der Waals surface area contributed by atoms with Crippen molar-refractivity contribution in [2.45, 2.75) is 51.7 Å². The summed E-state index contributed by atoms with van der Waals surface area (Å²) in [5.74, 6) is 0.0701. The molecule has 1 saturated heterocycles. The van der Waals surface area contributed by atoms with Crippen molar-refractivity contribution in [1.29, 1.82) is 0 Å². The first kappa shape index (κ1) is 19.1. The minimum atomic E-state index is -3.10. The fourth-order valence-electron chi connectivity index (χ4n) is 3.96. The molecule has 0 N–H and O–H groups in total. The molecule has 2 heterocycles. The minimum absolute atomic E-state index is 0.0127. The lowest BCUT2D eigenvalue weighted by molar-refractivity contribution is 0.0674. The van der Waals surface area contributed by atoms with E-state index in [4.69, 9.17) is 0 Å². The van der Waals surface area contributed by atoms with Gasteiger partial charge in [0, 0.05) is 24.0 Å². The highest BCUT2D eigenvalue weighted by Gasteiger charge is 2.43. The molecule has 2 aliphatic rings. The van der Waals surface area contributed by atoms with Crippen LogP contribution in [0.2, 0.25) is 0 Å². The number of nitrogens with zero attached hydrogens (tertiary/aromatic N) is 3. The molecule has 1 aromatic carbocycles. The van der Waals surface area contributed by atoms with Gasteiger partial charge in [0.25, 0.3) is 11.5 Å². The lowest BCUT2D eigenvalue weighted by Gasteiger charge is -2.28. The van der Waals surface area contributed by atoms with Gasteiger partial charge in [-0.2, -0.15) is 5.10 Å². The van der Waals surface area contributed by atoms with Gasteiger partial charge in [0.2, 0.25) is 0 Å². The second-order valence-corrected chi connectivity index (χ2v) is 10.5. The first-order chi connectivity index (χ1) is 13.3. The van der Waals surface area contributed by atoms with Crippen LogP contribution in [0.3, 0.4) is 0 Å². The molecule has 150 valence electrons. The smallest absolute Gasteiger partial charge is 0.275 e. The molecule has 1 aliphatic heterocycles. The number of sulfone groups is 1. The Labute approximate surface area is 164 Å². The summed E-state index contributed by atoms with van der Waals surface area (Å²) >= 11 is 0. The third-order valence-corrected chi connectivity index (χ3v) is 7.14. The molecule has 0 bridgehead atoms. The number of fused-ring (bicyclic) bond motifs is 1. The van der Waals surface area contributed by atoms with Crippen LogP contribution < -0.4 is 5.56 Å². The van der Waals surface area contributed by atoms with Crippen LogP contribution in [0.15, 0.2) is 29.1 Å². The van der Waals surface area contributed by atoms with Gasteiger partial charge in [0.15, 0.2) is 15.5 Å². The van der Waals surface area contributed by atoms with Crippen molar-refractivity contribution in [3.63, 3.8) is 0 Å². The summed E-state index contributed by atoms with van der Waals surface area (Å²) in [5, 5.41) is 5.44. The van der Waals surface area contributed by atoms with Gasteiger partial charge in [-0.1, -0.05) is 32.0 Å². The Hall–Kier alpha value is -2.22. The Kier molecular flexibility index (Phi) is 4.77. The van der Waals surface area contributed by atoms with Crippen LogP contribution in [0.4, 0.5) is 0 Å². The Morgan fingerprint density at radius 2 is 1.86 bits per heavy atom. The van der Waals surface area contributed by atoms with E-state index in [1.54, 1.807) is 29.2 Å². The predicted molar refractivity (Wildman–Crippen MR) is 107 cm³/mol. The summed E-state index contributed by atoms with van der Waals surface area (Å²) in [5.41, 5.74) is 0.0364. The van der Waals surface area contributed by atoms with Crippen molar-refractivity contribution in [2.75, 3.05) is 11.5 Å². The van der Waals surface area contributed by atoms with Crippen LogP contribution in [0, 0.1) is 5.92 Å². The summed E-state index contributed by atoms with van der Waals surface area (Å²) in [7, 11) is -3.10. The average Bonchev–Trinajstić information content (AvgIpc) is 3.40. The molecular formula is C20H25N3O4S. The van der Waals surface area contributed by atoms with Crippen molar-refractivity contribution in [1.82, 2.24) is 14.7 Å². The van der Waals surface area contributed by atoms with Crippen LogP contribution >= 0.6 is 0 Å². The van der Waals surface area contributed by atoms with E-state index in [9.17, 15) is 18.0 Å². The van der Waals surface area contributed by atoms with Gasteiger partial charge >= 0.3 is 0 Å². The van der Waals surface area contributed by atoms with E-state index >= 15 is 0 Å². The van der Waals surface area contributed by atoms with Crippen LogP contribution in [-0.2, 0) is 16.4 Å². The van der Waals surface area contributed by atoms with E-state index in [2.05, 4.69) is 5.10 Å². The van der Waals surface area contributed by atoms with Gasteiger partial charge < -0.3 is 4.90 Å². The van der Waals surface area contributed by atoms with Gasteiger partial charge in [0.1, 0.15) is 0 Å². The SMILES string of the molecule is CC(C)Cn1nc(C(=O)N(C2CC2)C2CCS(=O)(=O)C2)c2ccccc2c1=O. The second kappa shape index (κ2) is 6.99. The highest BCUT2D eigenvalue weighted by molar-refractivity contribution is 7.91. The number of benzene rings is 1. The molecule has 0 spiro atoms. The number of rotatable bonds is 5. The number of hydrogen-bond donors (Lipinski definition) is 0. The van der Waals surface area contributed by atoms with E-state index in [0.29, 0.717) is 23.7 Å². The van der Waals surface area contributed by atoms with Crippen LogP contribution in [0.25, 0.3) is 10.8 Å². The summed E-state index contributed by atoms with van der Waals surface area (Å²) < 4.78 is 25.3. The number of hydrogen-bond acceptors (Lipinski definition) is 5.